The van der Waals surface area contributed by atoms with Gasteiger partial charge in [-0.3, -0.25) is 14.6 Å². The Bertz CT molecular complexity index is 1360. The van der Waals surface area contributed by atoms with Crippen LogP contribution >= 0.6 is 0 Å². The highest BCUT2D eigenvalue weighted by atomic mass is 16.2. The highest BCUT2D eigenvalue weighted by molar-refractivity contribution is 5.98. The van der Waals surface area contributed by atoms with E-state index in [4.69, 9.17) is 0 Å². The molecule has 3 N–H and O–H groups in total. The largest absolute Gasteiger partial charge is 0.380 e. The lowest BCUT2D eigenvalue weighted by atomic mass is 10.2. The van der Waals surface area contributed by atoms with Crippen LogP contribution in [0.3, 0.4) is 0 Å². The van der Waals surface area contributed by atoms with Crippen LogP contribution in [0.5, 0.6) is 0 Å². The van der Waals surface area contributed by atoms with Crippen molar-refractivity contribution in [1.29, 1.82) is 0 Å². The standard InChI is InChI=1S/C29H37N9O/c1-35-10-12-36(13-11-35)14-15-37-16-18-38(19-17-37)28(39)27-21-22-20-23(5-6-24(22)33-27)32-29-31-9-7-26(34-29)25-4-2-3-8-30-25/h2-7,9,20-21,30,33H,8,10-19H2,1H3,(H,31,32,34). The quantitative estimate of drug-likeness (QED) is 0.431. The van der Waals surface area contributed by atoms with Crippen molar-refractivity contribution in [3.63, 3.8) is 0 Å². The van der Waals surface area contributed by atoms with Gasteiger partial charge in [0.15, 0.2) is 0 Å². The Morgan fingerprint density at radius 1 is 0.974 bits per heavy atom. The Morgan fingerprint density at radius 3 is 2.49 bits per heavy atom. The molecule has 2 fully saturated rings. The predicted octanol–water partition coefficient (Wildman–Crippen LogP) is 2.21. The number of dihydropyridines is 1. The van der Waals surface area contributed by atoms with Crippen molar-refractivity contribution in [2.75, 3.05) is 84.4 Å². The Hall–Kier alpha value is -3.73. The van der Waals surface area contributed by atoms with Crippen LogP contribution in [0.4, 0.5) is 11.6 Å². The van der Waals surface area contributed by atoms with Crippen LogP contribution < -0.4 is 10.6 Å². The van der Waals surface area contributed by atoms with E-state index in [0.29, 0.717) is 11.6 Å². The van der Waals surface area contributed by atoms with Crippen molar-refractivity contribution in [2.45, 2.75) is 0 Å². The molecule has 0 spiro atoms. The molecule has 1 aromatic carbocycles. The van der Waals surface area contributed by atoms with Gasteiger partial charge < -0.3 is 25.4 Å². The fraction of sp³-hybridized carbons (Fsp3) is 0.414. The van der Waals surface area contributed by atoms with Gasteiger partial charge in [-0.05, 0) is 43.5 Å². The van der Waals surface area contributed by atoms with Gasteiger partial charge in [0, 0.05) is 94.8 Å². The highest BCUT2D eigenvalue weighted by Gasteiger charge is 2.24. The molecule has 0 radical (unpaired) electrons. The van der Waals surface area contributed by atoms with Crippen molar-refractivity contribution in [3.8, 4) is 0 Å². The molecule has 0 unspecified atom stereocenters. The summed E-state index contributed by atoms with van der Waals surface area (Å²) < 4.78 is 0. The number of rotatable bonds is 7. The van der Waals surface area contributed by atoms with Crippen LogP contribution in [0.25, 0.3) is 16.6 Å². The zero-order chi connectivity index (χ0) is 26.6. The number of piperazine rings is 2. The molecule has 3 aliphatic rings. The maximum Gasteiger partial charge on any atom is 0.270 e. The summed E-state index contributed by atoms with van der Waals surface area (Å²) >= 11 is 0. The summed E-state index contributed by atoms with van der Waals surface area (Å²) in [5, 5.41) is 7.61. The number of nitrogens with zero attached hydrogens (tertiary/aromatic N) is 6. The monoisotopic (exact) mass is 527 g/mol. The molecular formula is C29H37N9O. The van der Waals surface area contributed by atoms with Crippen LogP contribution in [0.2, 0.25) is 0 Å². The van der Waals surface area contributed by atoms with Crippen molar-refractivity contribution in [2.24, 2.45) is 0 Å². The topological polar surface area (TPSA) is 95.7 Å². The number of likely N-dealkylation sites (N-methyl/N-ethyl adjacent to an activating group) is 1. The summed E-state index contributed by atoms with van der Waals surface area (Å²) in [6, 6.07) is 9.83. The first-order valence-corrected chi connectivity index (χ1v) is 13.9. The number of nitrogens with one attached hydrogen (secondary N) is 3. The van der Waals surface area contributed by atoms with Gasteiger partial charge in [-0.15, -0.1) is 0 Å². The van der Waals surface area contributed by atoms with Crippen LogP contribution in [0.15, 0.2) is 54.8 Å². The Morgan fingerprint density at radius 2 is 1.74 bits per heavy atom. The van der Waals surface area contributed by atoms with E-state index in [2.05, 4.69) is 53.4 Å². The second kappa shape index (κ2) is 11.6. The first kappa shape index (κ1) is 25.5. The average molecular weight is 528 g/mol. The molecule has 6 rings (SSSR count). The molecule has 3 aliphatic heterocycles. The smallest absolute Gasteiger partial charge is 0.270 e. The lowest BCUT2D eigenvalue weighted by molar-refractivity contribution is 0.0605. The van der Waals surface area contributed by atoms with Crippen LogP contribution in [0.1, 0.15) is 16.2 Å². The third-order valence-corrected chi connectivity index (χ3v) is 7.84. The lowest BCUT2D eigenvalue weighted by Crippen LogP contribution is -2.52. The summed E-state index contributed by atoms with van der Waals surface area (Å²) in [6.07, 6.45) is 7.85. The number of aromatic amines is 1. The van der Waals surface area contributed by atoms with E-state index in [1.807, 2.05) is 47.4 Å². The van der Waals surface area contributed by atoms with E-state index < -0.39 is 0 Å². The molecule has 2 saturated heterocycles. The zero-order valence-electron chi connectivity index (χ0n) is 22.6. The van der Waals surface area contributed by atoms with Gasteiger partial charge >= 0.3 is 0 Å². The van der Waals surface area contributed by atoms with E-state index >= 15 is 0 Å². The molecule has 3 aromatic rings. The van der Waals surface area contributed by atoms with Gasteiger partial charge in [0.1, 0.15) is 5.69 Å². The minimum Gasteiger partial charge on any atom is -0.380 e. The minimum absolute atomic E-state index is 0.0674. The molecule has 10 heteroatoms. The molecule has 10 nitrogen and oxygen atoms in total. The lowest BCUT2D eigenvalue weighted by Gasteiger charge is -2.37. The normalized spacial score (nSPS) is 19.2. The molecule has 0 bridgehead atoms. The third kappa shape index (κ3) is 6.13. The van der Waals surface area contributed by atoms with Gasteiger partial charge in [-0.2, -0.15) is 0 Å². The van der Waals surface area contributed by atoms with E-state index in [0.717, 1.165) is 100.0 Å². The fourth-order valence-corrected chi connectivity index (χ4v) is 5.36. The Labute approximate surface area is 229 Å². The zero-order valence-corrected chi connectivity index (χ0v) is 22.6. The van der Waals surface area contributed by atoms with Crippen molar-refractivity contribution >= 4 is 34.1 Å². The van der Waals surface area contributed by atoms with Gasteiger partial charge in [-0.1, -0.05) is 12.2 Å². The first-order chi connectivity index (χ1) is 19.1. The van der Waals surface area contributed by atoms with Crippen molar-refractivity contribution in [3.05, 3.63) is 66.1 Å². The summed E-state index contributed by atoms with van der Waals surface area (Å²) in [6.45, 7) is 11.0. The van der Waals surface area contributed by atoms with Crippen molar-refractivity contribution < 1.29 is 4.79 Å². The van der Waals surface area contributed by atoms with Gasteiger partial charge in [-0.25, -0.2) is 9.97 Å². The molecule has 0 atom stereocenters. The number of benzene rings is 1. The highest BCUT2D eigenvalue weighted by Crippen LogP contribution is 2.23. The number of H-pyrrole nitrogens is 1. The van der Waals surface area contributed by atoms with E-state index in [1.54, 1.807) is 6.20 Å². The Balaban J connectivity index is 1.05. The number of aromatic nitrogens is 3. The summed E-state index contributed by atoms with van der Waals surface area (Å²) in [5.41, 5.74) is 4.26. The van der Waals surface area contributed by atoms with Crippen LogP contribution in [-0.4, -0.2) is 119 Å². The molecular weight excluding hydrogens is 490 g/mol. The van der Waals surface area contributed by atoms with E-state index in [9.17, 15) is 4.79 Å². The maximum absolute atomic E-state index is 13.3. The molecule has 0 saturated carbocycles. The van der Waals surface area contributed by atoms with E-state index in [1.165, 1.54) is 0 Å². The second-order valence-corrected chi connectivity index (χ2v) is 10.5. The molecule has 39 heavy (non-hydrogen) atoms. The van der Waals surface area contributed by atoms with Crippen LogP contribution in [0, 0.1) is 0 Å². The van der Waals surface area contributed by atoms with Crippen molar-refractivity contribution in [1.82, 2.24) is 39.9 Å². The number of allylic oxidation sites excluding steroid dienone is 2. The number of fused-ring (bicyclic) bond motifs is 1. The third-order valence-electron chi connectivity index (χ3n) is 7.84. The van der Waals surface area contributed by atoms with E-state index in [-0.39, 0.29) is 5.91 Å². The Kier molecular flexibility index (Phi) is 7.57. The SMILES string of the molecule is CN1CCN(CCN2CCN(C(=O)c3cc4cc(Nc5nccc(C6=CC=CCN6)n5)ccc4[nH]3)CC2)CC1. The number of hydrogen-bond acceptors (Lipinski definition) is 8. The fourth-order valence-electron chi connectivity index (χ4n) is 5.36. The van der Waals surface area contributed by atoms with Gasteiger partial charge in [0.05, 0.1) is 11.4 Å². The molecule has 0 aliphatic carbocycles. The number of carbonyl (C=O) groups excluding carboxylic acids is 1. The summed E-state index contributed by atoms with van der Waals surface area (Å²) in [4.78, 5) is 35.0. The second-order valence-electron chi connectivity index (χ2n) is 10.5. The minimum atomic E-state index is 0.0674. The maximum atomic E-state index is 13.3. The molecule has 2 aromatic heterocycles. The average Bonchev–Trinajstić information content (AvgIpc) is 3.41. The number of carbonyl (C=O) groups is 1. The van der Waals surface area contributed by atoms with Gasteiger partial charge in [0.25, 0.3) is 5.91 Å². The molecule has 204 valence electrons. The molecule has 5 heterocycles. The number of amides is 1. The molecule has 1 amide bonds. The van der Waals surface area contributed by atoms with Gasteiger partial charge in [0.2, 0.25) is 5.95 Å². The summed E-state index contributed by atoms with van der Waals surface area (Å²) in [7, 11) is 2.19. The number of hydrogen-bond donors (Lipinski definition) is 3. The summed E-state index contributed by atoms with van der Waals surface area (Å²) in [5.74, 6) is 0.596. The number of anilines is 2. The predicted molar refractivity (Wildman–Crippen MR) is 155 cm³/mol. The van der Waals surface area contributed by atoms with Crippen LogP contribution in [-0.2, 0) is 0 Å². The first-order valence-electron chi connectivity index (χ1n) is 13.9.